The van der Waals surface area contributed by atoms with Crippen molar-refractivity contribution in [2.24, 2.45) is 35.5 Å². The summed E-state index contributed by atoms with van der Waals surface area (Å²) in [7, 11) is 0. The Hall–Kier alpha value is 0.800. The molecule has 0 aliphatic carbocycles. The minimum atomic E-state index is 0.436. The number of hydrogen-bond donors (Lipinski definition) is 0. The number of alkyl halides is 2. The highest BCUT2D eigenvalue weighted by molar-refractivity contribution is 9.09. The predicted octanol–water partition coefficient (Wildman–Crippen LogP) is 16.7. The van der Waals surface area contributed by atoms with E-state index in [-0.39, 0.29) is 0 Å². The molecule has 0 radical (unpaired) electrons. The van der Waals surface area contributed by atoms with E-state index >= 15 is 0 Å². The van der Waals surface area contributed by atoms with Crippen LogP contribution in [0.5, 0.6) is 0 Å². The largest absolute Gasteiger partial charge is 0.355 e. The normalized spacial score (nSPS) is 23.9. The summed E-state index contributed by atoms with van der Waals surface area (Å²) in [5.74, 6) is 4.34. The summed E-state index contributed by atoms with van der Waals surface area (Å²) in [5, 5.41) is 2.16. The fourth-order valence-electron chi connectivity index (χ4n) is 5.75. The van der Waals surface area contributed by atoms with Gasteiger partial charge in [0.05, 0.1) is 0 Å². The van der Waals surface area contributed by atoms with Crippen LogP contribution in [0.4, 0.5) is 0 Å². The van der Waals surface area contributed by atoms with Crippen LogP contribution in [0.15, 0.2) is 0 Å². The lowest BCUT2D eigenvalue weighted by Gasteiger charge is -2.30. The van der Waals surface area contributed by atoms with Gasteiger partial charge in [0.2, 0.25) is 0 Å². The van der Waals surface area contributed by atoms with Crippen molar-refractivity contribution in [3.8, 4) is 0 Å². The van der Waals surface area contributed by atoms with Gasteiger partial charge in [-0.1, -0.05) is 170 Å². The molecule has 1 rings (SSSR count). The Morgan fingerprint density at radius 3 is 0.700 bits per heavy atom. The van der Waals surface area contributed by atoms with E-state index in [2.05, 4.69) is 59.6 Å². The Morgan fingerprint density at radius 1 is 0.360 bits per heavy atom. The monoisotopic (exact) mass is 853 g/mol. The van der Waals surface area contributed by atoms with E-state index < -0.39 is 0 Å². The minimum absolute atomic E-state index is 0.436. The maximum Gasteiger partial charge on any atom is 0.146 e. The molecule has 1 saturated heterocycles. The fraction of sp³-hybridized carbons (Fsp3) is 1.00. The molecule has 1 fully saturated rings. The summed E-state index contributed by atoms with van der Waals surface area (Å²) < 4.78 is 23.1. The summed E-state index contributed by atoms with van der Waals surface area (Å²) in [6, 6.07) is 0. The van der Waals surface area contributed by atoms with E-state index in [1.54, 1.807) is 0 Å². The molecule has 50 heavy (non-hydrogen) atoms. The molecule has 316 valence electrons. The van der Waals surface area contributed by atoms with E-state index in [1.807, 2.05) is 111 Å². The van der Waals surface area contributed by atoms with Crippen LogP contribution in [0.25, 0.3) is 0 Å². The van der Waals surface area contributed by atoms with Gasteiger partial charge in [-0.05, 0) is 99.7 Å². The quantitative estimate of drug-likeness (QED) is 0.264. The third kappa shape index (κ3) is 50.9. The van der Waals surface area contributed by atoms with Gasteiger partial charge in [0, 0.05) is 37.1 Å². The van der Waals surface area contributed by atoms with Gasteiger partial charge >= 0.3 is 0 Å². The van der Waals surface area contributed by atoms with Crippen molar-refractivity contribution in [1.29, 1.82) is 0 Å². The maximum absolute atomic E-state index is 5.78. The van der Waals surface area contributed by atoms with Crippen LogP contribution in [0.3, 0.4) is 0 Å². The molecule has 1 aliphatic rings. The second-order valence-electron chi connectivity index (χ2n) is 10.6. The smallest absolute Gasteiger partial charge is 0.146 e. The van der Waals surface area contributed by atoms with Gasteiger partial charge in [0.25, 0.3) is 0 Å². The first-order valence-corrected chi connectivity index (χ1v) is 24.2. The first-order chi connectivity index (χ1) is 24.5. The standard InChI is InChI=1S/C28H54Br2O4.8C2H6/c1-23-9-5-17-31-21-33-19-7-11-25(3)28(14-16-30)26(4)12-8-20-34-22-32-18-6-10-24(2)27(23)13-15-29;8*1-2/h23-28H,5-22H2,1-4H3;8*1-2H3. The minimum Gasteiger partial charge on any atom is -0.355 e. The Bertz CT molecular complexity index is 386. The third-order valence-electron chi connectivity index (χ3n) is 7.93. The SMILES string of the molecule is CC.CC.CC.CC.CC.CC.CC.CC.CC1CCCOCOCCCC(C)C(CCBr)C(C)CCCOCOCCCC(C)C1CCBr. The average Bonchev–Trinajstić information content (AvgIpc) is 3.20. The molecule has 4 atom stereocenters. The van der Waals surface area contributed by atoms with Crippen LogP contribution in [0, 0.1) is 35.5 Å². The Labute approximate surface area is 338 Å². The second-order valence-corrected chi connectivity index (χ2v) is 12.2. The van der Waals surface area contributed by atoms with Crippen molar-refractivity contribution < 1.29 is 18.9 Å². The van der Waals surface area contributed by atoms with Gasteiger partial charge in [-0.25, -0.2) is 0 Å². The summed E-state index contributed by atoms with van der Waals surface area (Å²) in [6.45, 7) is 45.7. The van der Waals surface area contributed by atoms with Crippen LogP contribution >= 0.6 is 31.9 Å². The van der Waals surface area contributed by atoms with Crippen LogP contribution in [0.1, 0.15) is 203 Å². The maximum atomic E-state index is 5.78. The van der Waals surface area contributed by atoms with E-state index in [0.29, 0.717) is 37.3 Å². The van der Waals surface area contributed by atoms with Crippen molar-refractivity contribution >= 4 is 31.9 Å². The molecule has 4 nitrogen and oxygen atoms in total. The molecule has 1 heterocycles. The zero-order valence-electron chi connectivity index (χ0n) is 38.6. The highest BCUT2D eigenvalue weighted by Crippen LogP contribution is 2.32. The van der Waals surface area contributed by atoms with Crippen molar-refractivity contribution in [3.63, 3.8) is 0 Å². The van der Waals surface area contributed by atoms with Gasteiger partial charge in [-0.3, -0.25) is 0 Å². The molecule has 6 heteroatoms. The fourth-order valence-corrected chi connectivity index (χ4v) is 6.81. The van der Waals surface area contributed by atoms with Gasteiger partial charge in [0.15, 0.2) is 0 Å². The van der Waals surface area contributed by atoms with E-state index in [9.17, 15) is 0 Å². The van der Waals surface area contributed by atoms with Crippen LogP contribution in [-0.2, 0) is 18.9 Å². The lowest BCUT2D eigenvalue weighted by atomic mass is 9.77. The van der Waals surface area contributed by atoms with Crippen LogP contribution < -0.4 is 0 Å². The molecule has 0 bridgehead atoms. The summed E-state index contributed by atoms with van der Waals surface area (Å²) in [4.78, 5) is 0. The van der Waals surface area contributed by atoms with E-state index in [0.717, 1.165) is 74.6 Å². The lowest BCUT2D eigenvalue weighted by Crippen LogP contribution is -2.22. The van der Waals surface area contributed by atoms with Gasteiger partial charge in [0.1, 0.15) is 13.6 Å². The van der Waals surface area contributed by atoms with Crippen LogP contribution in [-0.4, -0.2) is 50.7 Å². The lowest BCUT2D eigenvalue weighted by molar-refractivity contribution is -0.0590. The van der Waals surface area contributed by atoms with E-state index in [4.69, 9.17) is 18.9 Å². The van der Waals surface area contributed by atoms with Gasteiger partial charge < -0.3 is 18.9 Å². The molecule has 1 aliphatic heterocycles. The topological polar surface area (TPSA) is 36.9 Å². The summed E-state index contributed by atoms with van der Waals surface area (Å²) in [6.07, 6.45) is 11.8. The Balaban J connectivity index is -0.000000160. The Kier molecular flexibility index (Phi) is 98.0. The van der Waals surface area contributed by atoms with Crippen molar-refractivity contribution in [1.82, 2.24) is 0 Å². The number of hydrogen-bond acceptors (Lipinski definition) is 4. The highest BCUT2D eigenvalue weighted by atomic mass is 79.9. The molecule has 0 aromatic carbocycles. The molecule has 0 aromatic heterocycles. The third-order valence-corrected chi connectivity index (χ3v) is 8.85. The van der Waals surface area contributed by atoms with Crippen molar-refractivity contribution in [2.75, 3.05) is 50.7 Å². The molecule has 4 unspecified atom stereocenters. The van der Waals surface area contributed by atoms with Gasteiger partial charge in [-0.2, -0.15) is 0 Å². The molecule has 0 N–H and O–H groups in total. The zero-order valence-corrected chi connectivity index (χ0v) is 41.8. The number of halogens is 2. The van der Waals surface area contributed by atoms with Crippen molar-refractivity contribution in [3.05, 3.63) is 0 Å². The molecular weight excluding hydrogens is 752 g/mol. The van der Waals surface area contributed by atoms with Crippen LogP contribution in [0.2, 0.25) is 0 Å². The van der Waals surface area contributed by atoms with E-state index in [1.165, 1.54) is 38.5 Å². The average molecular weight is 855 g/mol. The molecule has 0 aromatic rings. The molecule has 0 spiro atoms. The number of ether oxygens (including phenoxy) is 4. The summed E-state index contributed by atoms with van der Waals surface area (Å²) in [5.41, 5.74) is 0. The number of rotatable bonds is 4. The molecule has 0 amide bonds. The summed E-state index contributed by atoms with van der Waals surface area (Å²) >= 11 is 7.35. The second kappa shape index (κ2) is 71.2. The predicted molar refractivity (Wildman–Crippen MR) is 242 cm³/mol. The first-order valence-electron chi connectivity index (χ1n) is 21.9. The first kappa shape index (κ1) is 68.8. The Morgan fingerprint density at radius 2 is 0.540 bits per heavy atom. The highest BCUT2D eigenvalue weighted by Gasteiger charge is 2.24. The zero-order chi connectivity index (χ0) is 41.0. The molecule has 0 saturated carbocycles. The van der Waals surface area contributed by atoms with Crippen molar-refractivity contribution in [2.45, 2.75) is 203 Å². The van der Waals surface area contributed by atoms with Gasteiger partial charge in [-0.15, -0.1) is 0 Å². The molecular formula is C44H102Br2O4.